The number of amides is 3. The summed E-state index contributed by atoms with van der Waals surface area (Å²) in [6, 6.07) is 7.67. The second-order valence-electron chi connectivity index (χ2n) is 7.99. The van der Waals surface area contributed by atoms with Crippen molar-refractivity contribution >= 4 is 22.9 Å². The number of carbonyl (C=O) groups excluding carboxylic acids is 2. The number of hydrogen-bond acceptors (Lipinski definition) is 3. The normalized spacial score (nSPS) is 29.7. The number of rotatable bonds is 5. The first kappa shape index (κ1) is 18.6. The van der Waals surface area contributed by atoms with E-state index < -0.39 is 22.6 Å². The number of nitrogens with one attached hydrogen (secondary N) is 3. The van der Waals surface area contributed by atoms with Crippen LogP contribution in [0.4, 0.5) is 4.79 Å². The first-order chi connectivity index (χ1) is 13.1. The Balaban J connectivity index is 1.36. The monoisotopic (exact) mass is 389 g/mol. The van der Waals surface area contributed by atoms with Gasteiger partial charge in [-0.3, -0.25) is 10.1 Å². The molecule has 2 saturated carbocycles. The molecule has 3 unspecified atom stereocenters. The summed E-state index contributed by atoms with van der Waals surface area (Å²) in [6.45, 7) is 0.435. The van der Waals surface area contributed by atoms with Gasteiger partial charge in [-0.2, -0.15) is 0 Å². The Bertz CT molecular complexity index is 745. The summed E-state index contributed by atoms with van der Waals surface area (Å²) in [5.74, 6) is 0.339. The van der Waals surface area contributed by atoms with E-state index in [-0.39, 0.29) is 11.8 Å². The highest BCUT2D eigenvalue weighted by atomic mass is 32.2. The molecule has 3 N–H and O–H groups in total. The third kappa shape index (κ3) is 3.67. The Morgan fingerprint density at radius 3 is 2.44 bits per heavy atom. The summed E-state index contributed by atoms with van der Waals surface area (Å²) in [4.78, 5) is 24.5. The van der Waals surface area contributed by atoms with Gasteiger partial charge < -0.3 is 5.32 Å². The van der Waals surface area contributed by atoms with Gasteiger partial charge in [0.25, 0.3) is 5.91 Å². The molecule has 1 saturated heterocycles. The smallest absolute Gasteiger partial charge is 0.322 e. The van der Waals surface area contributed by atoms with Gasteiger partial charge >= 0.3 is 6.03 Å². The highest BCUT2D eigenvalue weighted by molar-refractivity contribution is 7.83. The van der Waals surface area contributed by atoms with Crippen molar-refractivity contribution in [3.8, 4) is 0 Å². The molecule has 3 aliphatic rings. The molecule has 27 heavy (non-hydrogen) atoms. The molecule has 6 nitrogen and oxygen atoms in total. The van der Waals surface area contributed by atoms with Crippen LogP contribution in [0.15, 0.2) is 29.2 Å². The lowest BCUT2D eigenvalue weighted by Gasteiger charge is -2.28. The molecule has 1 aromatic rings. The van der Waals surface area contributed by atoms with Crippen molar-refractivity contribution in [2.75, 3.05) is 6.54 Å². The molecule has 1 heterocycles. The molecule has 146 valence electrons. The van der Waals surface area contributed by atoms with Crippen LogP contribution in [0.25, 0.3) is 0 Å². The zero-order valence-corrected chi connectivity index (χ0v) is 16.3. The van der Waals surface area contributed by atoms with Crippen molar-refractivity contribution in [2.45, 2.75) is 67.7 Å². The molecule has 1 aliphatic heterocycles. The lowest BCUT2D eigenvalue weighted by atomic mass is 9.84. The van der Waals surface area contributed by atoms with Gasteiger partial charge in [0.1, 0.15) is 16.5 Å². The third-order valence-corrected chi connectivity index (χ3v) is 7.55. The van der Waals surface area contributed by atoms with Crippen molar-refractivity contribution < 1.29 is 13.8 Å². The van der Waals surface area contributed by atoms with Gasteiger partial charge in [-0.25, -0.2) is 13.7 Å². The van der Waals surface area contributed by atoms with Gasteiger partial charge in [-0.1, -0.05) is 37.8 Å². The van der Waals surface area contributed by atoms with Gasteiger partial charge in [0.05, 0.1) is 4.90 Å². The Kier molecular flexibility index (Phi) is 5.32. The van der Waals surface area contributed by atoms with Crippen molar-refractivity contribution in [1.29, 1.82) is 0 Å². The van der Waals surface area contributed by atoms with E-state index in [1.54, 1.807) is 0 Å². The molecule has 7 heteroatoms. The number of urea groups is 1. The lowest BCUT2D eigenvalue weighted by molar-refractivity contribution is -0.125. The van der Waals surface area contributed by atoms with Gasteiger partial charge in [-0.05, 0) is 49.3 Å². The summed E-state index contributed by atoms with van der Waals surface area (Å²) in [6.07, 6.45) is 8.78. The summed E-state index contributed by atoms with van der Waals surface area (Å²) >= 11 is 0. The summed E-state index contributed by atoms with van der Waals surface area (Å²) in [5, 5.41) is 5.14. The van der Waals surface area contributed by atoms with Gasteiger partial charge in [0.15, 0.2) is 0 Å². The summed E-state index contributed by atoms with van der Waals surface area (Å²) < 4.78 is 15.7. The predicted molar refractivity (Wildman–Crippen MR) is 103 cm³/mol. The average molecular weight is 390 g/mol. The van der Waals surface area contributed by atoms with E-state index in [0.29, 0.717) is 18.9 Å². The quantitative estimate of drug-likeness (QED) is 0.677. The van der Waals surface area contributed by atoms with Crippen LogP contribution < -0.4 is 15.4 Å². The Hall–Kier alpha value is -1.73. The fraction of sp³-hybridized carbons (Fsp3) is 0.600. The van der Waals surface area contributed by atoms with Crippen molar-refractivity contribution in [1.82, 2.24) is 15.4 Å². The van der Waals surface area contributed by atoms with Crippen LogP contribution in [0.5, 0.6) is 0 Å². The Morgan fingerprint density at radius 1 is 1.04 bits per heavy atom. The van der Waals surface area contributed by atoms with Gasteiger partial charge in [-0.15, -0.1) is 0 Å². The molecule has 0 bridgehead atoms. The summed E-state index contributed by atoms with van der Waals surface area (Å²) in [7, 11) is -1.32. The van der Waals surface area contributed by atoms with E-state index in [9.17, 15) is 13.8 Å². The molecule has 2 aliphatic carbocycles. The molecular formula is C20H27N3O3S. The first-order valence-electron chi connectivity index (χ1n) is 9.97. The molecule has 3 amide bonds. The molecule has 0 radical (unpaired) electrons. The lowest BCUT2D eigenvalue weighted by Crippen LogP contribution is -2.52. The first-order valence-corrected chi connectivity index (χ1v) is 11.1. The molecule has 3 atom stereocenters. The van der Waals surface area contributed by atoms with E-state index in [2.05, 4.69) is 27.5 Å². The molecular weight excluding hydrogens is 362 g/mol. The summed E-state index contributed by atoms with van der Waals surface area (Å²) in [5.41, 5.74) is 0.509. The average Bonchev–Trinajstić information content (AvgIpc) is 3.23. The molecule has 1 spiro atoms. The largest absolute Gasteiger partial charge is 0.323 e. The Labute approximate surface area is 162 Å². The van der Waals surface area contributed by atoms with Crippen LogP contribution in [0.3, 0.4) is 0 Å². The van der Waals surface area contributed by atoms with E-state index in [1.807, 2.05) is 12.1 Å². The van der Waals surface area contributed by atoms with E-state index >= 15 is 0 Å². The fourth-order valence-corrected chi connectivity index (χ4v) is 5.78. The number of imide groups is 1. The Morgan fingerprint density at radius 2 is 1.78 bits per heavy atom. The molecule has 1 aromatic carbocycles. The second-order valence-corrected chi connectivity index (χ2v) is 9.29. The topological polar surface area (TPSA) is 87.3 Å². The van der Waals surface area contributed by atoms with Gasteiger partial charge in [0, 0.05) is 12.5 Å². The predicted octanol–water partition coefficient (Wildman–Crippen LogP) is 2.72. The highest BCUT2D eigenvalue weighted by Gasteiger charge is 2.54. The fourth-order valence-electron chi connectivity index (χ4n) is 4.88. The van der Waals surface area contributed by atoms with Crippen molar-refractivity contribution in [3.05, 3.63) is 29.8 Å². The van der Waals surface area contributed by atoms with E-state index in [0.717, 1.165) is 17.7 Å². The zero-order valence-electron chi connectivity index (χ0n) is 15.5. The van der Waals surface area contributed by atoms with Crippen LogP contribution in [0.2, 0.25) is 0 Å². The van der Waals surface area contributed by atoms with Crippen LogP contribution >= 0.6 is 0 Å². The molecule has 3 fully saturated rings. The van der Waals surface area contributed by atoms with Crippen LogP contribution in [-0.2, 0) is 15.8 Å². The maximum Gasteiger partial charge on any atom is 0.322 e. The number of hydrogen-bond donors (Lipinski definition) is 3. The molecule has 0 aromatic heterocycles. The SMILES string of the molecule is O=C1NC(=O)C2(CCCC2CNS(=O)c2ccc(C3CCCCC3)cc2)N1. The molecule has 4 rings (SSSR count). The highest BCUT2D eigenvalue weighted by Crippen LogP contribution is 2.37. The zero-order chi connectivity index (χ0) is 18.9. The number of benzene rings is 1. The minimum absolute atomic E-state index is 0.0468. The maximum absolute atomic E-state index is 12.7. The minimum Gasteiger partial charge on any atom is -0.323 e. The van der Waals surface area contributed by atoms with Crippen LogP contribution in [0.1, 0.15) is 62.8 Å². The van der Waals surface area contributed by atoms with Crippen molar-refractivity contribution in [2.24, 2.45) is 5.92 Å². The van der Waals surface area contributed by atoms with Crippen molar-refractivity contribution in [3.63, 3.8) is 0 Å². The maximum atomic E-state index is 12.7. The minimum atomic E-state index is -1.32. The van der Waals surface area contributed by atoms with E-state index in [4.69, 9.17) is 0 Å². The third-order valence-electron chi connectivity index (χ3n) is 6.42. The number of carbonyl (C=O) groups is 2. The second kappa shape index (κ2) is 7.72. The van der Waals surface area contributed by atoms with Crippen LogP contribution in [-0.4, -0.2) is 28.2 Å². The van der Waals surface area contributed by atoms with Gasteiger partial charge in [0.2, 0.25) is 0 Å². The van der Waals surface area contributed by atoms with Crippen LogP contribution in [0, 0.1) is 5.92 Å². The van der Waals surface area contributed by atoms with E-state index in [1.165, 1.54) is 37.7 Å². The standard InChI is InChI=1S/C20H27N3O3S/c24-18-20(23-19(25)22-18)12-4-7-16(20)13-21-27(26)17-10-8-15(9-11-17)14-5-2-1-3-6-14/h8-11,14,16,21H,1-7,12-13H2,(H2,22,23,24,25).